The molecule has 1 aromatic heterocycles. The third-order valence-electron chi connectivity index (χ3n) is 7.17. The standard InChI is InChI=1S/C29H54NO2S/c1-2-3-4-5-6-7-8-9-10-11-12-13-16-19-28-24-29(32-25-28)26-31-22-18-15-14-17-20-30-21-23-33-27-30/h21,23,27-29H,2-20,22,24-26H2,1H3/q+1/t28-,29+/m1/s1. The first-order chi connectivity index (χ1) is 16.4. The molecule has 1 aliphatic rings. The number of hydrogen-bond acceptors (Lipinski definition) is 3. The summed E-state index contributed by atoms with van der Waals surface area (Å²) >= 11 is 1.77. The van der Waals surface area contributed by atoms with Gasteiger partial charge in [-0.05, 0) is 31.6 Å². The molecule has 1 aromatic rings. The summed E-state index contributed by atoms with van der Waals surface area (Å²) in [6.07, 6.45) is 28.8. The number of aromatic nitrogens is 1. The van der Waals surface area contributed by atoms with E-state index in [9.17, 15) is 0 Å². The van der Waals surface area contributed by atoms with Crippen molar-refractivity contribution >= 4 is 11.3 Å². The molecule has 3 nitrogen and oxygen atoms in total. The summed E-state index contributed by atoms with van der Waals surface area (Å²) in [7, 11) is 0. The average Bonchev–Trinajstić information content (AvgIpc) is 3.51. The van der Waals surface area contributed by atoms with Crippen LogP contribution in [-0.2, 0) is 16.0 Å². The lowest BCUT2D eigenvalue weighted by atomic mass is 9.97. The third-order valence-corrected chi connectivity index (χ3v) is 7.84. The van der Waals surface area contributed by atoms with E-state index < -0.39 is 0 Å². The number of rotatable bonds is 23. The fraction of sp³-hybridized carbons (Fsp3) is 0.897. The smallest absolute Gasteiger partial charge is 0.224 e. The Bertz CT molecular complexity index is 522. The van der Waals surface area contributed by atoms with E-state index >= 15 is 0 Å². The highest BCUT2D eigenvalue weighted by Gasteiger charge is 2.24. The molecule has 0 spiro atoms. The van der Waals surface area contributed by atoms with Crippen molar-refractivity contribution in [3.8, 4) is 0 Å². The Kier molecular flexibility index (Phi) is 18.2. The maximum atomic E-state index is 5.99. The predicted molar refractivity (Wildman–Crippen MR) is 142 cm³/mol. The van der Waals surface area contributed by atoms with E-state index in [4.69, 9.17) is 9.47 Å². The Balaban J connectivity index is 1.27. The first kappa shape index (κ1) is 28.8. The van der Waals surface area contributed by atoms with Crippen LogP contribution in [0.2, 0.25) is 0 Å². The number of ether oxygens (including phenoxy) is 2. The van der Waals surface area contributed by atoms with Gasteiger partial charge in [-0.25, -0.2) is 0 Å². The van der Waals surface area contributed by atoms with E-state index in [-0.39, 0.29) is 0 Å². The summed E-state index contributed by atoms with van der Waals surface area (Å²) < 4.78 is 14.2. The monoisotopic (exact) mass is 480 g/mol. The van der Waals surface area contributed by atoms with Crippen LogP contribution in [0.1, 0.15) is 129 Å². The SMILES string of the molecule is CCCCCCCCCCCCCCC[C@H]1CO[C@H](COCCCCCC[n+]2ccsc2)C1. The summed E-state index contributed by atoms with van der Waals surface area (Å²) in [5.74, 6) is 0.779. The summed E-state index contributed by atoms with van der Waals surface area (Å²) in [6, 6.07) is 0. The van der Waals surface area contributed by atoms with Crippen LogP contribution in [0.3, 0.4) is 0 Å². The minimum atomic E-state index is 0.354. The first-order valence-electron chi connectivity index (χ1n) is 14.5. The molecule has 0 radical (unpaired) electrons. The normalized spacial score (nSPS) is 18.3. The van der Waals surface area contributed by atoms with E-state index in [1.54, 1.807) is 11.3 Å². The lowest BCUT2D eigenvalue weighted by molar-refractivity contribution is -0.692. The Morgan fingerprint density at radius 3 is 2.12 bits per heavy atom. The Hall–Kier alpha value is -0.450. The zero-order chi connectivity index (χ0) is 23.2. The molecule has 0 amide bonds. The molecule has 1 fully saturated rings. The molecule has 2 heterocycles. The molecular weight excluding hydrogens is 426 g/mol. The van der Waals surface area contributed by atoms with Crippen molar-refractivity contribution < 1.29 is 14.0 Å². The van der Waals surface area contributed by atoms with Gasteiger partial charge in [-0.3, -0.25) is 0 Å². The van der Waals surface area contributed by atoms with Crippen LogP contribution in [-0.4, -0.2) is 25.9 Å². The minimum absolute atomic E-state index is 0.354. The molecule has 2 atom stereocenters. The number of thiazole rings is 1. The van der Waals surface area contributed by atoms with Gasteiger partial charge in [-0.1, -0.05) is 108 Å². The van der Waals surface area contributed by atoms with Crippen molar-refractivity contribution in [3.05, 3.63) is 17.1 Å². The second-order valence-corrected chi connectivity index (χ2v) is 11.1. The molecule has 1 saturated heterocycles. The number of unbranched alkanes of at least 4 members (excludes halogenated alkanes) is 15. The Morgan fingerprint density at radius 1 is 0.818 bits per heavy atom. The van der Waals surface area contributed by atoms with Gasteiger partial charge in [0.1, 0.15) is 6.54 Å². The molecule has 0 N–H and O–H groups in total. The molecule has 0 aliphatic carbocycles. The first-order valence-corrected chi connectivity index (χ1v) is 15.4. The van der Waals surface area contributed by atoms with Crippen LogP contribution in [0.15, 0.2) is 17.1 Å². The lowest BCUT2D eigenvalue weighted by Crippen LogP contribution is -2.29. The zero-order valence-electron chi connectivity index (χ0n) is 21.8. The summed E-state index contributed by atoms with van der Waals surface area (Å²) in [5.41, 5.74) is 2.19. The highest BCUT2D eigenvalue weighted by Crippen LogP contribution is 2.25. The summed E-state index contributed by atoms with van der Waals surface area (Å²) in [5, 5.41) is 2.14. The van der Waals surface area contributed by atoms with Gasteiger partial charge in [0, 0.05) is 19.6 Å². The predicted octanol–water partition coefficient (Wildman–Crippen LogP) is 8.50. The van der Waals surface area contributed by atoms with Gasteiger partial charge in [0.05, 0.1) is 18.1 Å². The van der Waals surface area contributed by atoms with Gasteiger partial charge in [0.15, 0.2) is 6.20 Å². The van der Waals surface area contributed by atoms with Gasteiger partial charge >= 0.3 is 0 Å². The van der Waals surface area contributed by atoms with E-state index in [2.05, 4.69) is 28.6 Å². The molecule has 0 unspecified atom stereocenters. The van der Waals surface area contributed by atoms with Gasteiger partial charge in [0.2, 0.25) is 5.51 Å². The van der Waals surface area contributed by atoms with Crippen molar-refractivity contribution in [2.75, 3.05) is 19.8 Å². The fourth-order valence-corrected chi connectivity index (χ4v) is 5.63. The number of nitrogens with zero attached hydrogens (tertiary/aromatic N) is 1. The van der Waals surface area contributed by atoms with Gasteiger partial charge in [-0.15, -0.1) is 0 Å². The highest BCUT2D eigenvalue weighted by atomic mass is 32.1. The van der Waals surface area contributed by atoms with Crippen molar-refractivity contribution in [2.45, 2.75) is 142 Å². The largest absolute Gasteiger partial charge is 0.379 e. The summed E-state index contributed by atoms with van der Waals surface area (Å²) in [6.45, 7) is 6.12. The number of hydrogen-bond donors (Lipinski definition) is 0. The summed E-state index contributed by atoms with van der Waals surface area (Å²) in [4.78, 5) is 0. The van der Waals surface area contributed by atoms with Gasteiger partial charge in [0.25, 0.3) is 0 Å². The number of aryl methyl sites for hydroxylation is 1. The van der Waals surface area contributed by atoms with E-state index in [1.165, 1.54) is 122 Å². The van der Waals surface area contributed by atoms with Gasteiger partial charge < -0.3 is 9.47 Å². The van der Waals surface area contributed by atoms with Crippen LogP contribution in [0.4, 0.5) is 0 Å². The Morgan fingerprint density at radius 2 is 1.45 bits per heavy atom. The molecule has 0 saturated carbocycles. The van der Waals surface area contributed by atoms with E-state index in [0.717, 1.165) is 32.3 Å². The van der Waals surface area contributed by atoms with Crippen LogP contribution in [0.5, 0.6) is 0 Å². The topological polar surface area (TPSA) is 22.3 Å². The second kappa shape index (κ2) is 20.9. The second-order valence-electron chi connectivity index (χ2n) is 10.3. The molecular formula is C29H54NO2S+. The quantitative estimate of drug-likeness (QED) is 0.116. The van der Waals surface area contributed by atoms with Gasteiger partial charge in [-0.2, -0.15) is 4.57 Å². The van der Waals surface area contributed by atoms with Crippen molar-refractivity contribution in [1.82, 2.24) is 0 Å². The fourth-order valence-electron chi connectivity index (χ4n) is 5.00. The van der Waals surface area contributed by atoms with Crippen LogP contribution >= 0.6 is 11.3 Å². The van der Waals surface area contributed by atoms with Crippen molar-refractivity contribution in [3.63, 3.8) is 0 Å². The maximum absolute atomic E-state index is 5.99. The van der Waals surface area contributed by atoms with E-state index in [1.807, 2.05) is 0 Å². The molecule has 2 rings (SSSR count). The third kappa shape index (κ3) is 16.0. The molecule has 0 bridgehead atoms. The molecule has 1 aliphatic heterocycles. The van der Waals surface area contributed by atoms with Crippen molar-refractivity contribution in [1.29, 1.82) is 0 Å². The average molecular weight is 481 g/mol. The van der Waals surface area contributed by atoms with Crippen LogP contribution in [0, 0.1) is 5.92 Å². The maximum Gasteiger partial charge on any atom is 0.224 e. The Labute approximate surface area is 209 Å². The lowest BCUT2D eigenvalue weighted by Gasteiger charge is -2.10. The zero-order valence-corrected chi connectivity index (χ0v) is 22.6. The minimum Gasteiger partial charge on any atom is -0.379 e. The molecule has 0 aromatic carbocycles. The van der Waals surface area contributed by atoms with E-state index in [0.29, 0.717) is 6.10 Å². The molecule has 33 heavy (non-hydrogen) atoms. The molecule has 4 heteroatoms. The van der Waals surface area contributed by atoms with Crippen LogP contribution in [0.25, 0.3) is 0 Å². The molecule has 192 valence electrons. The highest BCUT2D eigenvalue weighted by molar-refractivity contribution is 7.07. The van der Waals surface area contributed by atoms with Crippen LogP contribution < -0.4 is 4.57 Å². The van der Waals surface area contributed by atoms with Crippen molar-refractivity contribution in [2.24, 2.45) is 5.92 Å².